The normalized spacial score (nSPS) is 31.3. The van der Waals surface area contributed by atoms with Gasteiger partial charge < -0.3 is 14.2 Å². The number of hydrogen-bond donors (Lipinski definition) is 0. The van der Waals surface area contributed by atoms with Gasteiger partial charge in [-0.1, -0.05) is 30.3 Å². The van der Waals surface area contributed by atoms with Gasteiger partial charge in [0.15, 0.2) is 5.79 Å². The molecule has 1 aliphatic rings. The molecule has 0 N–H and O–H groups in total. The van der Waals surface area contributed by atoms with Crippen molar-refractivity contribution in [2.24, 2.45) is 5.92 Å². The first kappa shape index (κ1) is 13.1. The maximum atomic E-state index is 11.8. The Hall–Kier alpha value is -1.39. The van der Waals surface area contributed by atoms with Gasteiger partial charge in [0, 0.05) is 7.11 Å². The molecule has 0 saturated carbocycles. The van der Waals surface area contributed by atoms with Crippen LogP contribution in [0.25, 0.3) is 0 Å². The molecule has 4 nitrogen and oxygen atoms in total. The zero-order valence-corrected chi connectivity index (χ0v) is 10.9. The Morgan fingerprint density at radius 1 is 1.33 bits per heavy atom. The summed E-state index contributed by atoms with van der Waals surface area (Å²) >= 11 is 0. The molecule has 1 fully saturated rings. The number of rotatable bonds is 3. The van der Waals surface area contributed by atoms with E-state index in [1.54, 1.807) is 14.0 Å². The molecule has 3 unspecified atom stereocenters. The minimum absolute atomic E-state index is 0.139. The third-order valence-corrected chi connectivity index (χ3v) is 3.52. The molecule has 1 saturated heterocycles. The van der Waals surface area contributed by atoms with Crippen molar-refractivity contribution in [3.8, 4) is 0 Å². The SMILES string of the molecule is COC(=O)C1CC(c2ccccc2)OC1(C)OC. The first-order valence-electron chi connectivity index (χ1n) is 5.96. The van der Waals surface area contributed by atoms with Crippen molar-refractivity contribution in [1.29, 1.82) is 0 Å². The first-order valence-corrected chi connectivity index (χ1v) is 5.96. The summed E-state index contributed by atoms with van der Waals surface area (Å²) < 4.78 is 16.1. The second-order valence-corrected chi connectivity index (χ2v) is 4.55. The van der Waals surface area contributed by atoms with Gasteiger partial charge >= 0.3 is 5.97 Å². The summed E-state index contributed by atoms with van der Waals surface area (Å²) in [7, 11) is 2.93. The van der Waals surface area contributed by atoms with Gasteiger partial charge in [-0.25, -0.2) is 0 Å². The molecule has 1 aromatic rings. The van der Waals surface area contributed by atoms with E-state index < -0.39 is 11.7 Å². The topological polar surface area (TPSA) is 44.8 Å². The highest BCUT2D eigenvalue weighted by atomic mass is 16.7. The average Bonchev–Trinajstić information content (AvgIpc) is 2.78. The van der Waals surface area contributed by atoms with E-state index in [9.17, 15) is 4.79 Å². The molecule has 0 bridgehead atoms. The van der Waals surface area contributed by atoms with Crippen LogP contribution in [-0.4, -0.2) is 26.0 Å². The van der Waals surface area contributed by atoms with Crippen molar-refractivity contribution < 1.29 is 19.0 Å². The Bertz CT molecular complexity index is 417. The van der Waals surface area contributed by atoms with E-state index in [2.05, 4.69) is 0 Å². The van der Waals surface area contributed by atoms with E-state index in [1.165, 1.54) is 7.11 Å². The number of esters is 1. The minimum atomic E-state index is -0.923. The zero-order chi connectivity index (χ0) is 13.2. The van der Waals surface area contributed by atoms with Gasteiger partial charge in [0.25, 0.3) is 0 Å². The molecule has 1 heterocycles. The molecule has 1 aromatic carbocycles. The monoisotopic (exact) mass is 250 g/mol. The fourth-order valence-electron chi connectivity index (χ4n) is 2.36. The molecule has 0 amide bonds. The maximum absolute atomic E-state index is 11.8. The van der Waals surface area contributed by atoms with Gasteiger partial charge in [0.1, 0.15) is 5.92 Å². The second-order valence-electron chi connectivity index (χ2n) is 4.55. The van der Waals surface area contributed by atoms with Crippen LogP contribution < -0.4 is 0 Å². The van der Waals surface area contributed by atoms with Crippen molar-refractivity contribution in [3.63, 3.8) is 0 Å². The Morgan fingerprint density at radius 2 is 2.00 bits per heavy atom. The van der Waals surface area contributed by atoms with Gasteiger partial charge in [-0.05, 0) is 18.9 Å². The third-order valence-electron chi connectivity index (χ3n) is 3.52. The van der Waals surface area contributed by atoms with Crippen LogP contribution in [0.2, 0.25) is 0 Å². The van der Waals surface area contributed by atoms with Crippen LogP contribution in [0.4, 0.5) is 0 Å². The van der Waals surface area contributed by atoms with Crippen LogP contribution in [0.3, 0.4) is 0 Å². The predicted molar refractivity (Wildman–Crippen MR) is 65.8 cm³/mol. The molecule has 0 radical (unpaired) electrons. The molecule has 0 aliphatic carbocycles. The number of benzene rings is 1. The highest BCUT2D eigenvalue weighted by Crippen LogP contribution is 2.44. The van der Waals surface area contributed by atoms with E-state index in [0.29, 0.717) is 6.42 Å². The number of carbonyl (C=O) groups excluding carboxylic acids is 1. The van der Waals surface area contributed by atoms with Crippen molar-refractivity contribution in [3.05, 3.63) is 35.9 Å². The lowest BCUT2D eigenvalue weighted by Gasteiger charge is -2.27. The Labute approximate surface area is 107 Å². The molecule has 1 aliphatic heterocycles. The molecule has 0 spiro atoms. The number of hydrogen-bond acceptors (Lipinski definition) is 4. The Balaban J connectivity index is 2.23. The lowest BCUT2D eigenvalue weighted by molar-refractivity contribution is -0.223. The first-order chi connectivity index (χ1) is 8.60. The molecule has 0 aromatic heterocycles. The second kappa shape index (κ2) is 5.08. The van der Waals surface area contributed by atoms with Crippen LogP contribution in [0.5, 0.6) is 0 Å². The molecular formula is C14H18O4. The summed E-state index contributed by atoms with van der Waals surface area (Å²) in [6, 6.07) is 9.83. The van der Waals surface area contributed by atoms with Crippen molar-refractivity contribution >= 4 is 5.97 Å². The van der Waals surface area contributed by atoms with Crippen LogP contribution >= 0.6 is 0 Å². The van der Waals surface area contributed by atoms with Crippen molar-refractivity contribution in [2.75, 3.05) is 14.2 Å². The Kier molecular flexibility index (Phi) is 3.68. The van der Waals surface area contributed by atoms with Crippen LogP contribution in [-0.2, 0) is 19.0 Å². The molecule has 18 heavy (non-hydrogen) atoms. The lowest BCUT2D eigenvalue weighted by atomic mass is 9.95. The summed E-state index contributed by atoms with van der Waals surface area (Å²) in [5, 5.41) is 0. The van der Waals surface area contributed by atoms with Crippen molar-refractivity contribution in [1.82, 2.24) is 0 Å². The summed E-state index contributed by atoms with van der Waals surface area (Å²) in [6.07, 6.45) is 0.432. The zero-order valence-electron chi connectivity index (χ0n) is 10.9. The predicted octanol–water partition coefficient (Wildman–Crippen LogP) is 2.30. The van der Waals surface area contributed by atoms with Crippen LogP contribution in [0.1, 0.15) is 25.0 Å². The Morgan fingerprint density at radius 3 is 2.56 bits per heavy atom. The molecule has 2 rings (SSSR count). The van der Waals surface area contributed by atoms with Gasteiger partial charge in [-0.2, -0.15) is 0 Å². The minimum Gasteiger partial charge on any atom is -0.469 e. The molecule has 98 valence electrons. The quantitative estimate of drug-likeness (QED) is 0.772. The van der Waals surface area contributed by atoms with E-state index in [1.807, 2.05) is 30.3 Å². The summed E-state index contributed by atoms with van der Waals surface area (Å²) in [6.45, 7) is 1.78. The van der Waals surface area contributed by atoms with Crippen LogP contribution in [0, 0.1) is 5.92 Å². The van der Waals surface area contributed by atoms with Gasteiger partial charge in [-0.3, -0.25) is 4.79 Å². The summed E-state index contributed by atoms with van der Waals surface area (Å²) in [5.74, 6) is -1.62. The highest BCUT2D eigenvalue weighted by Gasteiger charge is 2.50. The smallest absolute Gasteiger partial charge is 0.314 e. The van der Waals surface area contributed by atoms with Gasteiger partial charge in [-0.15, -0.1) is 0 Å². The number of ether oxygens (including phenoxy) is 3. The van der Waals surface area contributed by atoms with Crippen molar-refractivity contribution in [2.45, 2.75) is 25.2 Å². The van der Waals surface area contributed by atoms with E-state index >= 15 is 0 Å². The van der Waals surface area contributed by atoms with Crippen LogP contribution in [0.15, 0.2) is 30.3 Å². The largest absolute Gasteiger partial charge is 0.469 e. The van der Waals surface area contributed by atoms with Gasteiger partial charge in [0.05, 0.1) is 13.2 Å². The maximum Gasteiger partial charge on any atom is 0.314 e. The number of methoxy groups -OCH3 is 2. The van der Waals surface area contributed by atoms with E-state index in [0.717, 1.165) is 5.56 Å². The summed E-state index contributed by atoms with van der Waals surface area (Å²) in [5.41, 5.74) is 1.05. The molecule has 4 heteroatoms. The molecule has 3 atom stereocenters. The van der Waals surface area contributed by atoms with Gasteiger partial charge in [0.2, 0.25) is 0 Å². The highest BCUT2D eigenvalue weighted by molar-refractivity contribution is 5.74. The molecular weight excluding hydrogens is 232 g/mol. The van der Waals surface area contributed by atoms with E-state index in [4.69, 9.17) is 14.2 Å². The number of carbonyl (C=O) groups is 1. The lowest BCUT2D eigenvalue weighted by Crippen LogP contribution is -2.38. The third kappa shape index (κ3) is 2.26. The van der Waals surface area contributed by atoms with E-state index in [-0.39, 0.29) is 12.1 Å². The average molecular weight is 250 g/mol. The standard InChI is InChI=1S/C14H18O4/c1-14(17-3)11(13(15)16-2)9-12(18-14)10-7-5-4-6-8-10/h4-8,11-12H,9H2,1-3H3. The fraction of sp³-hybridized carbons (Fsp3) is 0.500. The summed E-state index contributed by atoms with van der Waals surface area (Å²) in [4.78, 5) is 11.8. The fourth-order valence-corrected chi connectivity index (χ4v) is 2.36.